The van der Waals surface area contributed by atoms with Gasteiger partial charge in [0.25, 0.3) is 0 Å². The molecule has 0 radical (unpaired) electrons. The predicted octanol–water partition coefficient (Wildman–Crippen LogP) is 6.46. The third kappa shape index (κ3) is 5.79. The first-order valence-electron chi connectivity index (χ1n) is 12.5. The first-order chi connectivity index (χ1) is 18.2. The fraction of sp³-hybridized carbons (Fsp3) is 0.0303. The molecule has 0 spiro atoms. The van der Waals surface area contributed by atoms with Crippen molar-refractivity contribution in [2.75, 3.05) is 0 Å². The van der Waals surface area contributed by atoms with Crippen LogP contribution in [0.15, 0.2) is 97.1 Å². The molecule has 5 heterocycles. The maximum Gasteiger partial charge on any atom is 0.0658 e. The number of nitrogens with zero attached hydrogens (tertiary/aromatic N) is 2. The Morgan fingerprint density at radius 2 is 0.795 bits per heavy atom. The molecule has 2 N–H and O–H groups in total. The normalized spacial score (nSPS) is 11.9. The van der Waals surface area contributed by atoms with Crippen LogP contribution in [-0.4, -0.2) is 30.9 Å². The van der Waals surface area contributed by atoms with Crippen LogP contribution in [0.2, 0.25) is 0 Å². The zero-order chi connectivity index (χ0) is 24.6. The molecule has 4 nitrogen and oxygen atoms in total. The third-order valence-electron chi connectivity index (χ3n) is 6.75. The molecule has 1 aliphatic carbocycles. The van der Waals surface area contributed by atoms with Crippen LogP contribution in [-0.2, 0) is 33.7 Å². The van der Waals surface area contributed by atoms with Gasteiger partial charge >= 0.3 is 0 Å². The summed E-state index contributed by atoms with van der Waals surface area (Å²) < 4.78 is 0. The third-order valence-corrected chi connectivity index (χ3v) is 6.75. The summed E-state index contributed by atoms with van der Waals surface area (Å²) in [7, 11) is 0. The van der Waals surface area contributed by atoms with Crippen LogP contribution in [0.25, 0.3) is 57.5 Å². The molecule has 0 saturated heterocycles. The van der Waals surface area contributed by atoms with Crippen LogP contribution in [0.3, 0.4) is 0 Å². The number of hydrogen-bond acceptors (Lipinski definition) is 2. The van der Waals surface area contributed by atoms with Gasteiger partial charge < -0.3 is 9.97 Å². The molecule has 5 aromatic rings. The van der Waals surface area contributed by atoms with Crippen molar-refractivity contribution < 1.29 is 27.3 Å². The van der Waals surface area contributed by atoms with Crippen LogP contribution in [0.4, 0.5) is 0 Å². The average molecular weight is 621 g/mol. The minimum atomic E-state index is 0. The van der Waals surface area contributed by atoms with Gasteiger partial charge in [-0.15, -0.1) is 0 Å². The van der Waals surface area contributed by atoms with Crippen molar-refractivity contribution in [2.45, 2.75) is 6.42 Å². The molecule has 3 aromatic heterocycles. The molecule has 0 amide bonds. The summed E-state index contributed by atoms with van der Waals surface area (Å²) in [5, 5.41) is 0. The molecule has 8 bridgehead atoms. The number of fused-ring (bicyclic) bond motifs is 11. The summed E-state index contributed by atoms with van der Waals surface area (Å²) in [4.78, 5) is 16.0. The van der Waals surface area contributed by atoms with Crippen LogP contribution in [0, 0.1) is 0 Å². The second kappa shape index (κ2) is 11.5. The zero-order valence-corrected chi connectivity index (χ0v) is 24.9. The predicted molar refractivity (Wildman–Crippen MR) is 165 cm³/mol. The maximum absolute atomic E-state index is 4.63. The van der Waals surface area contributed by atoms with Gasteiger partial charge in [-0.3, -0.25) is 0 Å². The van der Waals surface area contributed by atoms with Crippen molar-refractivity contribution in [2.24, 2.45) is 0 Å². The Bertz CT molecular complexity index is 1660. The smallest absolute Gasteiger partial charge is 0.0658 e. The fourth-order valence-electron chi connectivity index (χ4n) is 5.02. The summed E-state index contributed by atoms with van der Waals surface area (Å²) in [6.45, 7) is 0. The quantitative estimate of drug-likeness (QED) is 0.191. The minimum Gasteiger partial charge on any atom is -0.355 e. The van der Waals surface area contributed by atoms with E-state index in [1.807, 2.05) is 48.6 Å². The van der Waals surface area contributed by atoms with Crippen molar-refractivity contribution >= 4 is 57.3 Å². The van der Waals surface area contributed by atoms with Gasteiger partial charge in [-0.05, 0) is 112 Å². The Labute approximate surface area is 251 Å². The van der Waals surface area contributed by atoms with E-state index in [4.69, 9.17) is 0 Å². The molecule has 3 aliphatic rings. The van der Waals surface area contributed by atoms with Crippen molar-refractivity contribution in [3.8, 4) is 11.1 Å². The second-order valence-corrected chi connectivity index (χ2v) is 9.40. The molecule has 6 heteroatoms. The maximum atomic E-state index is 4.63. The molecular weight excluding hydrogens is 593 g/mol. The first kappa shape index (κ1) is 26.8. The molecule has 186 valence electrons. The second-order valence-electron chi connectivity index (χ2n) is 9.40. The number of H-pyrrole nitrogens is 2. The Morgan fingerprint density at radius 1 is 0.462 bits per heavy atom. The molecular formula is C33H28CdN4Si. The fourth-order valence-corrected chi connectivity index (χ4v) is 5.02. The van der Waals surface area contributed by atoms with E-state index in [1.165, 1.54) is 22.3 Å². The van der Waals surface area contributed by atoms with Crippen LogP contribution in [0.1, 0.15) is 33.9 Å². The molecule has 0 unspecified atom stereocenters. The largest absolute Gasteiger partial charge is 0.355 e. The summed E-state index contributed by atoms with van der Waals surface area (Å²) >= 11 is 0. The van der Waals surface area contributed by atoms with Gasteiger partial charge in [0.15, 0.2) is 0 Å². The first-order valence-corrected chi connectivity index (χ1v) is 12.5. The number of hydrogen-bond donors (Lipinski definition) is 2. The van der Waals surface area contributed by atoms with Gasteiger partial charge in [0.1, 0.15) is 0 Å². The molecule has 0 atom stereocenters. The Balaban J connectivity index is 0.000000175. The molecule has 0 fully saturated rings. The van der Waals surface area contributed by atoms with E-state index in [2.05, 4.69) is 92.7 Å². The number of benzene rings is 2. The van der Waals surface area contributed by atoms with Gasteiger partial charge in [0, 0.05) is 49.4 Å². The summed E-state index contributed by atoms with van der Waals surface area (Å²) in [5.41, 5.74) is 13.6. The van der Waals surface area contributed by atoms with E-state index in [0.717, 1.165) is 51.3 Å². The van der Waals surface area contributed by atoms with Gasteiger partial charge in [0.2, 0.25) is 0 Å². The van der Waals surface area contributed by atoms with Gasteiger partial charge in [-0.25, -0.2) is 9.97 Å². The number of aromatic nitrogens is 4. The zero-order valence-electron chi connectivity index (χ0n) is 20.9. The number of nitrogens with one attached hydrogen (secondary N) is 2. The number of aromatic amines is 2. The van der Waals surface area contributed by atoms with Crippen molar-refractivity contribution in [1.82, 2.24) is 19.9 Å². The SMILES string of the molecule is C1=Cc2cc3ccc(cc4nc(cc5ccc(cc1n2)[nH]5)C=C4)[nH]3.[Cd].[SiH4].c1ccc2c(c1)Cc1ccccc1-2. The molecule has 8 rings (SSSR count). The van der Waals surface area contributed by atoms with E-state index in [1.54, 1.807) is 0 Å². The van der Waals surface area contributed by atoms with Crippen LogP contribution >= 0.6 is 0 Å². The summed E-state index contributed by atoms with van der Waals surface area (Å²) in [6, 6.07) is 33.7. The molecule has 0 saturated carbocycles. The van der Waals surface area contributed by atoms with Gasteiger partial charge in [0.05, 0.1) is 22.8 Å². The van der Waals surface area contributed by atoms with Crippen LogP contribution in [0.5, 0.6) is 0 Å². The van der Waals surface area contributed by atoms with E-state index in [0.29, 0.717) is 0 Å². The van der Waals surface area contributed by atoms with E-state index in [-0.39, 0.29) is 38.3 Å². The summed E-state index contributed by atoms with van der Waals surface area (Å²) in [5.74, 6) is 0. The van der Waals surface area contributed by atoms with Crippen molar-refractivity contribution in [1.29, 1.82) is 0 Å². The number of rotatable bonds is 0. The van der Waals surface area contributed by atoms with Gasteiger partial charge in [-0.2, -0.15) is 0 Å². The molecule has 2 aliphatic heterocycles. The van der Waals surface area contributed by atoms with Crippen molar-refractivity contribution in [3.05, 3.63) is 131 Å². The van der Waals surface area contributed by atoms with Crippen LogP contribution < -0.4 is 0 Å². The topological polar surface area (TPSA) is 57.4 Å². The minimum absolute atomic E-state index is 0. The van der Waals surface area contributed by atoms with Crippen molar-refractivity contribution in [3.63, 3.8) is 0 Å². The molecule has 2 aromatic carbocycles. The molecule has 39 heavy (non-hydrogen) atoms. The van der Waals surface area contributed by atoms with Gasteiger partial charge in [-0.1, -0.05) is 48.5 Å². The Kier molecular flexibility index (Phi) is 7.90. The van der Waals surface area contributed by atoms with E-state index >= 15 is 0 Å². The monoisotopic (exact) mass is 622 g/mol. The average Bonchev–Trinajstić information content (AvgIpc) is 3.73. The Hall–Kier alpha value is -3.82. The summed E-state index contributed by atoms with van der Waals surface area (Å²) in [6.07, 6.45) is 9.19. The Morgan fingerprint density at radius 3 is 1.15 bits per heavy atom. The van der Waals surface area contributed by atoms with E-state index in [9.17, 15) is 0 Å². The van der Waals surface area contributed by atoms with E-state index < -0.39 is 0 Å². The standard InChI is InChI=1S/C20H14N4.C13H10.Cd.H4Si/c1-2-14-10-16-5-6-18(23-16)12-20-8-7-19(24-20)11-17-4-3-15(22-17)9-13(1)21-14;1-3-7-12-10(5-1)9-11-6-2-4-8-13(11)12;;/h1-12,21,24H;1-8H,9H2;;1H4.